The first-order valence-electron chi connectivity index (χ1n) is 9.35. The molecular weight excluding hydrogens is 310 g/mol. The van der Waals surface area contributed by atoms with E-state index in [-0.39, 0.29) is 5.91 Å². The molecule has 1 aliphatic heterocycles. The van der Waals surface area contributed by atoms with E-state index >= 15 is 0 Å². The van der Waals surface area contributed by atoms with Crippen LogP contribution >= 0.6 is 0 Å². The molecule has 1 aliphatic rings. The Hall–Kier alpha value is -2.20. The highest BCUT2D eigenvalue weighted by Gasteiger charge is 2.09. The zero-order valence-electron chi connectivity index (χ0n) is 14.8. The number of carbonyl (C=O) groups excluding carboxylic acids is 1. The Bertz CT molecular complexity index is 649. The van der Waals surface area contributed by atoms with Crippen LogP contribution in [0.1, 0.15) is 42.5 Å². The van der Waals surface area contributed by atoms with Crippen molar-refractivity contribution in [2.75, 3.05) is 26.2 Å². The molecule has 4 heteroatoms. The van der Waals surface area contributed by atoms with E-state index in [1.165, 1.54) is 32.4 Å². The van der Waals surface area contributed by atoms with E-state index in [0.717, 1.165) is 37.2 Å². The topological polar surface area (TPSA) is 45.2 Å². The van der Waals surface area contributed by atoms with Crippen LogP contribution in [0, 0.1) is 0 Å². The molecule has 3 rings (SSSR count). The third-order valence-corrected chi connectivity index (χ3v) is 4.74. The predicted molar refractivity (Wildman–Crippen MR) is 102 cm³/mol. The van der Waals surface area contributed by atoms with Crippen molar-refractivity contribution in [2.45, 2.75) is 32.1 Å². The first-order chi connectivity index (χ1) is 12.3. The Morgan fingerprint density at radius 3 is 2.52 bits per heavy atom. The number of piperidine rings is 1. The van der Waals surface area contributed by atoms with Crippen molar-refractivity contribution >= 4 is 5.91 Å². The summed E-state index contributed by atoms with van der Waals surface area (Å²) in [6.07, 6.45) is 8.02. The molecule has 0 saturated carbocycles. The highest BCUT2D eigenvalue weighted by molar-refractivity contribution is 5.94. The number of benzene rings is 1. The van der Waals surface area contributed by atoms with Crippen molar-refractivity contribution in [1.82, 2.24) is 15.2 Å². The Labute approximate surface area is 150 Å². The highest BCUT2D eigenvalue weighted by Crippen LogP contribution is 2.16. The van der Waals surface area contributed by atoms with Gasteiger partial charge in [-0.05, 0) is 69.6 Å². The number of hydrogen-bond acceptors (Lipinski definition) is 3. The predicted octanol–water partition coefficient (Wildman–Crippen LogP) is 3.74. The number of aromatic nitrogens is 1. The normalized spacial score (nSPS) is 15.0. The van der Waals surface area contributed by atoms with Crippen molar-refractivity contribution in [1.29, 1.82) is 0 Å². The molecule has 0 bridgehead atoms. The smallest absolute Gasteiger partial charge is 0.251 e. The van der Waals surface area contributed by atoms with Crippen LogP contribution in [-0.4, -0.2) is 42.0 Å². The van der Waals surface area contributed by atoms with Crippen LogP contribution in [0.4, 0.5) is 0 Å². The van der Waals surface area contributed by atoms with E-state index < -0.39 is 0 Å². The SMILES string of the molecule is O=C(NCCCCN1CCCCC1)c1ccc(-c2ccccn2)cc1. The fourth-order valence-corrected chi connectivity index (χ4v) is 3.27. The van der Waals surface area contributed by atoms with Gasteiger partial charge in [-0.1, -0.05) is 24.6 Å². The summed E-state index contributed by atoms with van der Waals surface area (Å²) in [7, 11) is 0. The lowest BCUT2D eigenvalue weighted by atomic mass is 10.1. The highest BCUT2D eigenvalue weighted by atomic mass is 16.1. The molecule has 1 aromatic carbocycles. The van der Waals surface area contributed by atoms with Crippen LogP contribution in [0.2, 0.25) is 0 Å². The van der Waals surface area contributed by atoms with Gasteiger partial charge in [0.2, 0.25) is 0 Å². The average molecular weight is 337 g/mol. The lowest BCUT2D eigenvalue weighted by Gasteiger charge is -2.26. The minimum absolute atomic E-state index is 0.00513. The number of nitrogens with one attached hydrogen (secondary N) is 1. The molecule has 0 aliphatic carbocycles. The average Bonchev–Trinajstić information content (AvgIpc) is 2.69. The van der Waals surface area contributed by atoms with Crippen molar-refractivity contribution in [3.05, 3.63) is 54.2 Å². The number of nitrogens with zero attached hydrogens (tertiary/aromatic N) is 2. The maximum absolute atomic E-state index is 12.2. The van der Waals surface area contributed by atoms with E-state index in [0.29, 0.717) is 5.56 Å². The molecule has 1 saturated heterocycles. The van der Waals surface area contributed by atoms with Gasteiger partial charge in [0, 0.05) is 23.9 Å². The zero-order valence-corrected chi connectivity index (χ0v) is 14.8. The molecule has 1 fully saturated rings. The Morgan fingerprint density at radius 1 is 1.00 bits per heavy atom. The van der Waals surface area contributed by atoms with Crippen LogP contribution in [0.3, 0.4) is 0 Å². The van der Waals surface area contributed by atoms with Crippen molar-refractivity contribution < 1.29 is 4.79 Å². The van der Waals surface area contributed by atoms with Crippen LogP contribution in [-0.2, 0) is 0 Å². The molecule has 0 unspecified atom stereocenters. The van der Waals surface area contributed by atoms with Gasteiger partial charge in [0.15, 0.2) is 0 Å². The first kappa shape index (κ1) is 17.6. The van der Waals surface area contributed by atoms with E-state index in [1.807, 2.05) is 42.5 Å². The van der Waals surface area contributed by atoms with Gasteiger partial charge < -0.3 is 10.2 Å². The van der Waals surface area contributed by atoms with Gasteiger partial charge in [0.1, 0.15) is 0 Å². The van der Waals surface area contributed by atoms with Gasteiger partial charge in [-0.15, -0.1) is 0 Å². The number of hydrogen-bond donors (Lipinski definition) is 1. The number of carbonyl (C=O) groups is 1. The number of likely N-dealkylation sites (tertiary alicyclic amines) is 1. The Kier molecular flexibility index (Phi) is 6.57. The molecule has 1 N–H and O–H groups in total. The van der Waals surface area contributed by atoms with E-state index in [1.54, 1.807) is 6.20 Å². The summed E-state index contributed by atoms with van der Waals surface area (Å²) in [6.45, 7) is 4.40. The molecule has 4 nitrogen and oxygen atoms in total. The van der Waals surface area contributed by atoms with Gasteiger partial charge >= 0.3 is 0 Å². The summed E-state index contributed by atoms with van der Waals surface area (Å²) in [5, 5.41) is 3.02. The van der Waals surface area contributed by atoms with E-state index in [4.69, 9.17) is 0 Å². The largest absolute Gasteiger partial charge is 0.352 e. The van der Waals surface area contributed by atoms with Crippen molar-refractivity contribution in [3.8, 4) is 11.3 Å². The van der Waals surface area contributed by atoms with Gasteiger partial charge in [0.25, 0.3) is 5.91 Å². The minimum atomic E-state index is 0.00513. The van der Waals surface area contributed by atoms with E-state index in [2.05, 4.69) is 15.2 Å². The summed E-state index contributed by atoms with van der Waals surface area (Å²) in [4.78, 5) is 19.1. The summed E-state index contributed by atoms with van der Waals surface area (Å²) in [5.41, 5.74) is 2.65. The molecule has 2 heterocycles. The summed E-state index contributed by atoms with van der Waals surface area (Å²) < 4.78 is 0. The maximum atomic E-state index is 12.2. The van der Waals surface area contributed by atoms with Crippen molar-refractivity contribution in [2.24, 2.45) is 0 Å². The number of pyridine rings is 1. The standard InChI is InChI=1S/C21H27N3O/c25-21(23-14-4-7-17-24-15-5-1-6-16-24)19-11-9-18(10-12-19)20-8-2-3-13-22-20/h2-3,8-13H,1,4-7,14-17H2,(H,23,25). The zero-order chi connectivity index (χ0) is 17.3. The lowest BCUT2D eigenvalue weighted by Crippen LogP contribution is -2.31. The second kappa shape index (κ2) is 9.33. The molecule has 2 aromatic rings. The third-order valence-electron chi connectivity index (χ3n) is 4.74. The quantitative estimate of drug-likeness (QED) is 0.783. The molecular formula is C21H27N3O. The molecule has 25 heavy (non-hydrogen) atoms. The molecule has 1 amide bonds. The summed E-state index contributed by atoms with van der Waals surface area (Å²) in [6, 6.07) is 13.5. The molecule has 0 radical (unpaired) electrons. The second-order valence-electron chi connectivity index (χ2n) is 6.66. The van der Waals surface area contributed by atoms with Gasteiger partial charge in [-0.3, -0.25) is 9.78 Å². The monoisotopic (exact) mass is 337 g/mol. The number of unbranched alkanes of at least 4 members (excludes halogenated alkanes) is 1. The maximum Gasteiger partial charge on any atom is 0.251 e. The van der Waals surface area contributed by atoms with E-state index in [9.17, 15) is 4.79 Å². The fourth-order valence-electron chi connectivity index (χ4n) is 3.27. The molecule has 132 valence electrons. The second-order valence-corrected chi connectivity index (χ2v) is 6.66. The van der Waals surface area contributed by atoms with Gasteiger partial charge in [-0.2, -0.15) is 0 Å². The number of rotatable bonds is 7. The first-order valence-corrected chi connectivity index (χ1v) is 9.35. The van der Waals surface area contributed by atoms with Gasteiger partial charge in [0.05, 0.1) is 5.69 Å². The summed E-state index contributed by atoms with van der Waals surface area (Å²) in [5.74, 6) is 0.00513. The minimum Gasteiger partial charge on any atom is -0.352 e. The molecule has 0 spiro atoms. The molecule has 1 aromatic heterocycles. The Balaban J connectivity index is 1.39. The Morgan fingerprint density at radius 2 is 1.80 bits per heavy atom. The third kappa shape index (κ3) is 5.40. The fraction of sp³-hybridized carbons (Fsp3) is 0.429. The van der Waals surface area contributed by atoms with Crippen LogP contribution < -0.4 is 5.32 Å². The van der Waals surface area contributed by atoms with Crippen LogP contribution in [0.15, 0.2) is 48.7 Å². The molecule has 0 atom stereocenters. The van der Waals surface area contributed by atoms with Crippen LogP contribution in [0.5, 0.6) is 0 Å². The summed E-state index contributed by atoms with van der Waals surface area (Å²) >= 11 is 0. The van der Waals surface area contributed by atoms with Gasteiger partial charge in [-0.25, -0.2) is 0 Å². The van der Waals surface area contributed by atoms with Crippen molar-refractivity contribution in [3.63, 3.8) is 0 Å². The van der Waals surface area contributed by atoms with Crippen LogP contribution in [0.25, 0.3) is 11.3 Å². The lowest BCUT2D eigenvalue weighted by molar-refractivity contribution is 0.0952. The number of amides is 1.